The second-order valence-corrected chi connectivity index (χ2v) is 5.29. The van der Waals surface area contributed by atoms with Crippen molar-refractivity contribution >= 4 is 5.78 Å². The number of alkyl halides is 3. The van der Waals surface area contributed by atoms with E-state index in [1.54, 1.807) is 6.92 Å². The van der Waals surface area contributed by atoms with Crippen LogP contribution < -0.4 is 0 Å². The molecule has 2 rings (SSSR count). The molecule has 1 atom stereocenters. The van der Waals surface area contributed by atoms with Crippen molar-refractivity contribution in [3.63, 3.8) is 0 Å². The van der Waals surface area contributed by atoms with Gasteiger partial charge < -0.3 is 0 Å². The maximum atomic E-state index is 12.5. The summed E-state index contributed by atoms with van der Waals surface area (Å²) in [4.78, 5) is 12.2. The molecule has 0 radical (unpaired) electrons. The van der Waals surface area contributed by atoms with E-state index in [1.165, 1.54) is 12.1 Å². The number of ketones is 1. The Morgan fingerprint density at radius 2 is 1.59 bits per heavy atom. The summed E-state index contributed by atoms with van der Waals surface area (Å²) in [5, 5.41) is 0. The van der Waals surface area contributed by atoms with Crippen molar-refractivity contribution in [3.8, 4) is 0 Å². The molecule has 0 saturated heterocycles. The number of halogens is 3. The molecule has 0 aliphatic heterocycles. The van der Waals surface area contributed by atoms with Gasteiger partial charge in [0.15, 0.2) is 0 Å². The Labute approximate surface area is 127 Å². The fourth-order valence-electron chi connectivity index (χ4n) is 2.28. The normalized spacial score (nSPS) is 12.9. The maximum absolute atomic E-state index is 12.5. The average Bonchev–Trinajstić information content (AvgIpc) is 2.52. The van der Waals surface area contributed by atoms with E-state index >= 15 is 0 Å². The molecular formula is C18H17F3O. The summed E-state index contributed by atoms with van der Waals surface area (Å²) >= 11 is 0. The molecule has 2 aromatic rings. The quantitative estimate of drug-likeness (QED) is 0.759. The summed E-state index contributed by atoms with van der Waals surface area (Å²) in [5.41, 5.74) is 1.00. The van der Waals surface area contributed by atoms with Crippen molar-refractivity contribution in [1.82, 2.24) is 0 Å². The van der Waals surface area contributed by atoms with Crippen LogP contribution >= 0.6 is 0 Å². The summed E-state index contributed by atoms with van der Waals surface area (Å²) in [7, 11) is 0. The molecule has 22 heavy (non-hydrogen) atoms. The summed E-state index contributed by atoms with van der Waals surface area (Å²) in [5.74, 6) is -0.366. The Bertz CT molecular complexity index is 615. The molecule has 0 spiro atoms. The van der Waals surface area contributed by atoms with Crippen molar-refractivity contribution in [1.29, 1.82) is 0 Å². The number of carbonyl (C=O) groups excluding carboxylic acids is 1. The Balaban J connectivity index is 1.98. The number of rotatable bonds is 5. The molecule has 2 aromatic carbocycles. The van der Waals surface area contributed by atoms with Gasteiger partial charge in [0.2, 0.25) is 0 Å². The standard InChI is InChI=1S/C18H17F3O/c1-13(15-8-10-16(11-9-15)18(19,20)21)17(22)12-7-14-5-3-2-4-6-14/h2-6,8-11,13H,7,12H2,1H3. The number of carbonyl (C=O) groups is 1. The van der Waals surface area contributed by atoms with Gasteiger partial charge >= 0.3 is 6.18 Å². The van der Waals surface area contributed by atoms with Crippen molar-refractivity contribution in [2.75, 3.05) is 0 Å². The number of benzene rings is 2. The van der Waals surface area contributed by atoms with Crippen molar-refractivity contribution < 1.29 is 18.0 Å². The molecule has 0 saturated carbocycles. The Kier molecular flexibility index (Phi) is 5.01. The monoisotopic (exact) mass is 306 g/mol. The summed E-state index contributed by atoms with van der Waals surface area (Å²) in [6.45, 7) is 1.73. The van der Waals surface area contributed by atoms with E-state index in [-0.39, 0.29) is 5.78 Å². The molecule has 0 amide bonds. The predicted octanol–water partition coefficient (Wildman–Crippen LogP) is 5.01. The third-order valence-electron chi connectivity index (χ3n) is 3.72. The molecule has 0 bridgehead atoms. The molecule has 0 aromatic heterocycles. The van der Waals surface area contributed by atoms with Crippen molar-refractivity contribution in [2.24, 2.45) is 0 Å². The van der Waals surface area contributed by atoms with Gasteiger partial charge in [-0.15, -0.1) is 0 Å². The van der Waals surface area contributed by atoms with E-state index < -0.39 is 17.7 Å². The summed E-state index contributed by atoms with van der Waals surface area (Å²) in [6, 6.07) is 14.5. The van der Waals surface area contributed by atoms with E-state index in [4.69, 9.17) is 0 Å². The Morgan fingerprint density at radius 1 is 1.00 bits per heavy atom. The third kappa shape index (κ3) is 4.20. The topological polar surface area (TPSA) is 17.1 Å². The second-order valence-electron chi connectivity index (χ2n) is 5.29. The second kappa shape index (κ2) is 6.77. The molecule has 1 unspecified atom stereocenters. The van der Waals surface area contributed by atoms with Crippen LogP contribution in [0.25, 0.3) is 0 Å². The highest BCUT2D eigenvalue weighted by molar-refractivity contribution is 5.85. The van der Waals surface area contributed by atoms with Gasteiger partial charge in [-0.1, -0.05) is 49.4 Å². The van der Waals surface area contributed by atoms with Crippen LogP contribution in [0.1, 0.15) is 36.0 Å². The molecular weight excluding hydrogens is 289 g/mol. The lowest BCUT2D eigenvalue weighted by molar-refractivity contribution is -0.137. The van der Waals surface area contributed by atoms with E-state index in [9.17, 15) is 18.0 Å². The molecule has 0 aliphatic carbocycles. The van der Waals surface area contributed by atoms with Crippen LogP contribution in [-0.2, 0) is 17.4 Å². The van der Waals surface area contributed by atoms with Gasteiger partial charge in [-0.2, -0.15) is 13.2 Å². The molecule has 0 fully saturated rings. The minimum Gasteiger partial charge on any atom is -0.299 e. The van der Waals surface area contributed by atoms with E-state index in [2.05, 4.69) is 0 Å². The zero-order valence-corrected chi connectivity index (χ0v) is 12.2. The van der Waals surface area contributed by atoms with Gasteiger partial charge in [-0.25, -0.2) is 0 Å². The minimum absolute atomic E-state index is 0.0311. The molecule has 0 heterocycles. The fraction of sp³-hybridized carbons (Fsp3) is 0.278. The average molecular weight is 306 g/mol. The number of hydrogen-bond donors (Lipinski definition) is 0. The van der Waals surface area contributed by atoms with Gasteiger partial charge in [-0.3, -0.25) is 4.79 Å². The smallest absolute Gasteiger partial charge is 0.299 e. The Morgan fingerprint density at radius 3 is 2.14 bits per heavy atom. The first-order chi connectivity index (χ1) is 10.4. The van der Waals surface area contributed by atoms with Crippen LogP contribution in [-0.4, -0.2) is 5.78 Å². The van der Waals surface area contributed by atoms with Crippen LogP contribution in [0.15, 0.2) is 54.6 Å². The van der Waals surface area contributed by atoms with Gasteiger partial charge in [0, 0.05) is 12.3 Å². The van der Waals surface area contributed by atoms with Gasteiger partial charge in [0.05, 0.1) is 5.56 Å². The first-order valence-electron chi connectivity index (χ1n) is 7.11. The largest absolute Gasteiger partial charge is 0.416 e. The third-order valence-corrected chi connectivity index (χ3v) is 3.72. The van der Waals surface area contributed by atoms with Crippen LogP contribution in [0.2, 0.25) is 0 Å². The minimum atomic E-state index is -4.35. The number of aryl methyl sites for hydroxylation is 1. The highest BCUT2D eigenvalue weighted by Crippen LogP contribution is 2.30. The summed E-state index contributed by atoms with van der Waals surface area (Å²) < 4.78 is 37.6. The molecule has 1 nitrogen and oxygen atoms in total. The highest BCUT2D eigenvalue weighted by atomic mass is 19.4. The van der Waals surface area contributed by atoms with Crippen LogP contribution in [0.4, 0.5) is 13.2 Å². The lowest BCUT2D eigenvalue weighted by Crippen LogP contribution is -2.11. The van der Waals surface area contributed by atoms with Gasteiger partial charge in [0.25, 0.3) is 0 Å². The molecule has 0 N–H and O–H groups in total. The lowest BCUT2D eigenvalue weighted by atomic mass is 9.92. The molecule has 4 heteroatoms. The van der Waals surface area contributed by atoms with E-state index in [0.29, 0.717) is 18.4 Å². The molecule has 116 valence electrons. The predicted molar refractivity (Wildman–Crippen MR) is 79.6 cm³/mol. The van der Waals surface area contributed by atoms with Crippen molar-refractivity contribution in [3.05, 3.63) is 71.3 Å². The van der Waals surface area contributed by atoms with E-state index in [0.717, 1.165) is 17.7 Å². The Hall–Kier alpha value is -2.10. The van der Waals surface area contributed by atoms with Crippen molar-refractivity contribution in [2.45, 2.75) is 31.9 Å². The number of hydrogen-bond acceptors (Lipinski definition) is 1. The van der Waals surface area contributed by atoms with Crippen LogP contribution in [0.3, 0.4) is 0 Å². The summed E-state index contributed by atoms with van der Waals surface area (Å²) in [6.07, 6.45) is -3.32. The maximum Gasteiger partial charge on any atom is 0.416 e. The zero-order valence-electron chi connectivity index (χ0n) is 12.2. The number of Topliss-reactive ketones (excluding diaryl/α,β-unsaturated/α-hetero) is 1. The van der Waals surface area contributed by atoms with Gasteiger partial charge in [0.1, 0.15) is 5.78 Å². The molecule has 0 aliphatic rings. The SMILES string of the molecule is CC(C(=O)CCc1ccccc1)c1ccc(C(F)(F)F)cc1. The first-order valence-corrected chi connectivity index (χ1v) is 7.11. The first kappa shape index (κ1) is 16.3. The van der Waals surface area contributed by atoms with Crippen LogP contribution in [0, 0.1) is 0 Å². The highest BCUT2D eigenvalue weighted by Gasteiger charge is 2.30. The van der Waals surface area contributed by atoms with Crippen LogP contribution in [0.5, 0.6) is 0 Å². The zero-order chi connectivity index (χ0) is 16.2. The fourth-order valence-corrected chi connectivity index (χ4v) is 2.28. The lowest BCUT2D eigenvalue weighted by Gasteiger charge is -2.13. The van der Waals surface area contributed by atoms with E-state index in [1.807, 2.05) is 30.3 Å². The van der Waals surface area contributed by atoms with Gasteiger partial charge in [-0.05, 0) is 29.7 Å².